The molecule has 0 radical (unpaired) electrons. The lowest BCUT2D eigenvalue weighted by Crippen LogP contribution is -2.60. The number of hydrogen-bond donors (Lipinski definition) is 14. The number of aldehydes is 1. The standard InChI is InChI=1S/C44H83N19O7/c1-26(2)21-33(39(68)57-28(24-64)13-10-17-53-42(46)47)61-41(70)35(27(3)4)62-38(67)31(15-8-9-20-63(5,6)7)58-37(66)32(16-12-19-55-44(50)51)59-40(69)34(22-29-23-52-25-56-29)60-36(65)30(45)14-11-18-54-43(48)49/h23-28,30-35H,8-22,45H2,1-7H3,(H18-,46,47,48,49,50,51,52,53,54,55,56,57,58,59,60,61,62,65,66,67,68,69,70)/p+1/t28-,30-,31+,32-,33-,34-,35-/m0/s1. The first-order valence-corrected chi connectivity index (χ1v) is 23.8. The van der Waals surface area contributed by atoms with Gasteiger partial charge in [-0.05, 0) is 76.0 Å². The molecule has 7 atom stereocenters. The van der Waals surface area contributed by atoms with Crippen molar-refractivity contribution in [1.82, 2.24) is 41.9 Å². The summed E-state index contributed by atoms with van der Waals surface area (Å²) in [6, 6.07) is -7.80. The fourth-order valence-corrected chi connectivity index (χ4v) is 7.01. The maximum Gasteiger partial charge on any atom is 0.243 e. The Hall–Kier alpha value is -6.57. The Labute approximate surface area is 411 Å². The molecule has 0 saturated heterocycles. The lowest BCUT2D eigenvalue weighted by molar-refractivity contribution is -0.870. The number of aromatic amines is 1. The van der Waals surface area contributed by atoms with Gasteiger partial charge in [0.2, 0.25) is 35.4 Å². The zero-order valence-electron chi connectivity index (χ0n) is 42.2. The lowest BCUT2D eigenvalue weighted by atomic mass is 9.98. The Kier molecular flexibility index (Phi) is 28.3. The highest BCUT2D eigenvalue weighted by Crippen LogP contribution is 2.12. The molecule has 26 nitrogen and oxygen atoms in total. The van der Waals surface area contributed by atoms with E-state index in [9.17, 15) is 33.6 Å². The Balaban J connectivity index is 3.49. The summed E-state index contributed by atoms with van der Waals surface area (Å²) < 4.78 is 0.651. The van der Waals surface area contributed by atoms with E-state index in [2.05, 4.69) is 56.8 Å². The molecule has 1 aromatic rings. The van der Waals surface area contributed by atoms with Crippen LogP contribution >= 0.6 is 0 Å². The molecule has 0 aliphatic heterocycles. The fourth-order valence-electron chi connectivity index (χ4n) is 7.01. The molecule has 0 unspecified atom stereocenters. The van der Waals surface area contributed by atoms with Crippen LogP contribution in [-0.2, 0) is 40.0 Å². The third-order valence-electron chi connectivity index (χ3n) is 10.7. The topological polar surface area (TPSA) is 440 Å². The number of hydrogen-bond acceptors (Lipinski definition) is 12. The van der Waals surface area contributed by atoms with Crippen LogP contribution in [0.5, 0.6) is 0 Å². The first-order chi connectivity index (χ1) is 32.8. The van der Waals surface area contributed by atoms with Gasteiger partial charge in [0.25, 0.3) is 0 Å². The molecule has 26 heteroatoms. The molecule has 0 bridgehead atoms. The summed E-state index contributed by atoms with van der Waals surface area (Å²) in [6.07, 6.45) is 6.49. The van der Waals surface area contributed by atoms with Gasteiger partial charge in [0.15, 0.2) is 17.9 Å². The van der Waals surface area contributed by atoms with Gasteiger partial charge >= 0.3 is 0 Å². The molecule has 0 aliphatic rings. The van der Waals surface area contributed by atoms with Crippen LogP contribution < -0.4 is 72.0 Å². The minimum atomic E-state index is -1.26. The van der Waals surface area contributed by atoms with Gasteiger partial charge in [-0.1, -0.05) is 27.7 Å². The number of nitrogens with one attached hydrogen (secondary N) is 7. The van der Waals surface area contributed by atoms with E-state index in [0.717, 1.165) is 6.54 Å². The zero-order chi connectivity index (χ0) is 53.0. The normalized spacial score (nSPS) is 14.3. The van der Waals surface area contributed by atoms with E-state index < -0.39 is 83.7 Å². The number of amides is 6. The molecule has 70 heavy (non-hydrogen) atoms. The Morgan fingerprint density at radius 2 is 1.09 bits per heavy atom. The SMILES string of the molecule is CC(C)C[C@H](NC(=O)[C@@H](NC(=O)[C@@H](CCCC[N+](C)(C)C)NC(=O)[C@H](CCCN=C(N)N)NC(=O)[C@H](Cc1cnc[nH]1)NC(=O)[C@@H](N)CCCN=C(N)N)C(C)C)C(=O)N[C@H](C=O)CCCN=C(N)N. The molecule has 21 N–H and O–H groups in total. The largest absolute Gasteiger partial charge is 0.370 e. The predicted molar refractivity (Wildman–Crippen MR) is 269 cm³/mol. The number of nitrogens with two attached hydrogens (primary N) is 7. The summed E-state index contributed by atoms with van der Waals surface area (Å²) in [5, 5.41) is 16.5. The summed E-state index contributed by atoms with van der Waals surface area (Å²) in [4.78, 5) is 114. The van der Waals surface area contributed by atoms with E-state index in [1.54, 1.807) is 13.8 Å². The van der Waals surface area contributed by atoms with Crippen molar-refractivity contribution >= 4 is 59.6 Å². The number of quaternary nitrogens is 1. The van der Waals surface area contributed by atoms with E-state index in [4.69, 9.17) is 40.1 Å². The highest BCUT2D eigenvalue weighted by Gasteiger charge is 2.34. The van der Waals surface area contributed by atoms with Gasteiger partial charge in [-0.3, -0.25) is 43.7 Å². The van der Waals surface area contributed by atoms with Crippen LogP contribution in [0.1, 0.15) is 97.6 Å². The zero-order valence-corrected chi connectivity index (χ0v) is 42.2. The number of nitrogens with zero attached hydrogens (tertiary/aromatic N) is 5. The first kappa shape index (κ1) is 61.4. The van der Waals surface area contributed by atoms with E-state index in [0.29, 0.717) is 42.1 Å². The summed E-state index contributed by atoms with van der Waals surface area (Å²) in [6.45, 7) is 8.53. The van der Waals surface area contributed by atoms with E-state index in [1.165, 1.54) is 12.5 Å². The molecule has 6 amide bonds. The molecule has 1 aromatic heterocycles. The molecule has 0 saturated carbocycles. The van der Waals surface area contributed by atoms with Crippen molar-refractivity contribution in [3.05, 3.63) is 18.2 Å². The van der Waals surface area contributed by atoms with Crippen molar-refractivity contribution in [2.75, 3.05) is 47.3 Å². The number of guanidine groups is 3. The van der Waals surface area contributed by atoms with E-state index in [-0.39, 0.29) is 88.4 Å². The maximum absolute atomic E-state index is 14.4. The number of aromatic nitrogens is 2. The summed E-state index contributed by atoms with van der Waals surface area (Å²) in [5.74, 6) is -4.92. The van der Waals surface area contributed by atoms with Crippen molar-refractivity contribution in [3.63, 3.8) is 0 Å². The molecule has 0 aromatic carbocycles. The number of carbonyl (C=O) groups is 7. The van der Waals surface area contributed by atoms with Crippen LogP contribution in [-0.4, -0.2) is 164 Å². The van der Waals surface area contributed by atoms with Crippen molar-refractivity contribution in [2.45, 2.75) is 141 Å². The number of H-pyrrole nitrogens is 1. The van der Waals surface area contributed by atoms with Crippen molar-refractivity contribution in [1.29, 1.82) is 0 Å². The summed E-state index contributed by atoms with van der Waals surface area (Å²) in [7, 11) is 6.08. The van der Waals surface area contributed by atoms with Crippen LogP contribution in [0.25, 0.3) is 0 Å². The van der Waals surface area contributed by atoms with Gasteiger partial charge in [-0.25, -0.2) is 4.98 Å². The van der Waals surface area contributed by atoms with Gasteiger partial charge in [0.1, 0.15) is 36.5 Å². The summed E-state index contributed by atoms with van der Waals surface area (Å²) >= 11 is 0. The Morgan fingerprint density at radius 3 is 1.57 bits per heavy atom. The quantitative estimate of drug-likeness (QED) is 0.0102. The second-order valence-corrected chi connectivity index (χ2v) is 19.1. The van der Waals surface area contributed by atoms with Gasteiger partial charge in [0, 0.05) is 37.9 Å². The number of imidazole rings is 1. The molecular formula is C44H84N19O7+. The number of carbonyl (C=O) groups excluding carboxylic acids is 7. The number of unbranched alkanes of at least 4 members (excludes halogenated alkanes) is 1. The molecule has 396 valence electrons. The van der Waals surface area contributed by atoms with Crippen LogP contribution in [0.4, 0.5) is 0 Å². The average Bonchev–Trinajstić information content (AvgIpc) is 3.78. The van der Waals surface area contributed by atoms with Crippen LogP contribution in [0.2, 0.25) is 0 Å². The van der Waals surface area contributed by atoms with Gasteiger partial charge in [0.05, 0.1) is 46.1 Å². The van der Waals surface area contributed by atoms with Crippen LogP contribution in [0.15, 0.2) is 27.5 Å². The molecule has 1 rings (SSSR count). The van der Waals surface area contributed by atoms with Gasteiger partial charge < -0.3 is 86.3 Å². The second kappa shape index (κ2) is 32.3. The first-order valence-electron chi connectivity index (χ1n) is 23.8. The Bertz CT molecular complexity index is 1870. The van der Waals surface area contributed by atoms with Crippen molar-refractivity contribution < 1.29 is 38.0 Å². The summed E-state index contributed by atoms with van der Waals surface area (Å²) in [5.41, 5.74) is 39.3. The highest BCUT2D eigenvalue weighted by molar-refractivity contribution is 5.97. The highest BCUT2D eigenvalue weighted by atomic mass is 16.2. The third kappa shape index (κ3) is 26.8. The van der Waals surface area contributed by atoms with Crippen LogP contribution in [0, 0.1) is 11.8 Å². The van der Waals surface area contributed by atoms with Crippen molar-refractivity contribution in [2.24, 2.45) is 66.9 Å². The molecule has 0 spiro atoms. The predicted octanol–water partition coefficient (Wildman–Crippen LogP) is -3.87. The average molecular weight is 991 g/mol. The van der Waals surface area contributed by atoms with Crippen molar-refractivity contribution in [3.8, 4) is 0 Å². The second-order valence-electron chi connectivity index (χ2n) is 19.1. The van der Waals surface area contributed by atoms with Crippen LogP contribution in [0.3, 0.4) is 0 Å². The third-order valence-corrected chi connectivity index (χ3v) is 10.7. The minimum absolute atomic E-state index is 0.0107. The minimum Gasteiger partial charge on any atom is -0.370 e. The van der Waals surface area contributed by atoms with E-state index in [1.807, 2.05) is 35.0 Å². The smallest absolute Gasteiger partial charge is 0.243 e. The molecule has 0 fully saturated rings. The fraction of sp³-hybridized carbons (Fsp3) is 0.705. The lowest BCUT2D eigenvalue weighted by Gasteiger charge is -2.29. The van der Waals surface area contributed by atoms with Gasteiger partial charge in [-0.2, -0.15) is 0 Å². The number of aliphatic imine (C=N–C) groups is 3. The monoisotopic (exact) mass is 991 g/mol. The maximum atomic E-state index is 14.4. The van der Waals surface area contributed by atoms with E-state index >= 15 is 0 Å². The molecular weight excluding hydrogens is 907 g/mol. The number of rotatable bonds is 35. The van der Waals surface area contributed by atoms with Gasteiger partial charge in [-0.15, -0.1) is 0 Å². The molecule has 0 aliphatic carbocycles. The Morgan fingerprint density at radius 1 is 0.614 bits per heavy atom. The molecule has 1 heterocycles.